The number of fused-ring (bicyclic) bond motifs is 16. The number of imidazole rings is 2. The van der Waals surface area contributed by atoms with Crippen molar-refractivity contribution in [3.8, 4) is 11.5 Å². The molecule has 4 aromatic heterocycles. The van der Waals surface area contributed by atoms with Crippen LogP contribution in [0.3, 0.4) is 0 Å². The second-order valence-electron chi connectivity index (χ2n) is 15.7. The molecule has 0 spiro atoms. The zero-order valence-electron chi connectivity index (χ0n) is 29.9. The molecule has 52 heavy (non-hydrogen) atoms. The number of para-hydroxylation sites is 5. The van der Waals surface area contributed by atoms with Gasteiger partial charge in [0.25, 0.3) is 0 Å². The molecule has 256 valence electrons. The van der Waals surface area contributed by atoms with Gasteiger partial charge >= 0.3 is 20.4 Å². The van der Waals surface area contributed by atoms with Crippen LogP contribution >= 0.6 is 0 Å². The van der Waals surface area contributed by atoms with Gasteiger partial charge in [0, 0.05) is 22.5 Å². The smallest absolute Gasteiger partial charge is 0.497 e. The van der Waals surface area contributed by atoms with Crippen molar-refractivity contribution in [1.29, 1.82) is 0 Å². The largest absolute Gasteiger partial charge is 2.00 e. The maximum atomic E-state index is 6.66. The van der Waals surface area contributed by atoms with E-state index in [2.05, 4.69) is 147 Å². The summed E-state index contributed by atoms with van der Waals surface area (Å²) in [6, 6.07) is 45.6. The Morgan fingerprint density at radius 3 is 1.67 bits per heavy atom. The monoisotopic (exact) mass is 766 g/mol. The summed E-state index contributed by atoms with van der Waals surface area (Å²) < 4.78 is 11.2. The second kappa shape index (κ2) is 11.4. The molecule has 0 unspecified atom stereocenters. The molecule has 0 fully saturated rings. The van der Waals surface area contributed by atoms with Crippen LogP contribution in [0.25, 0.3) is 76.7 Å². The van der Waals surface area contributed by atoms with Crippen molar-refractivity contribution in [3.05, 3.63) is 132 Å². The number of benzene rings is 6. The van der Waals surface area contributed by atoms with Crippen LogP contribution in [0.15, 0.2) is 109 Å². The number of ether oxygens (including phenoxy) is 1. The molecule has 0 atom stereocenters. The molecule has 0 amide bonds. The molecule has 0 aliphatic carbocycles. The third-order valence-electron chi connectivity index (χ3n) is 10.3. The SMILES string of the molecule is CC(C)(C)c1cccc2c1c1ccc(Oc3[c-]c4c(cc3)c3cccc(C(C)(C)C)c3n3c5ccccc5nc43)[c-]c1c1nc3ccccc3n21.[Pd+2]. The predicted octanol–water partition coefficient (Wildman–Crippen LogP) is 11.9. The number of aromatic nitrogens is 4. The minimum atomic E-state index is -0.0630. The van der Waals surface area contributed by atoms with Crippen molar-refractivity contribution in [2.75, 3.05) is 0 Å². The van der Waals surface area contributed by atoms with Gasteiger partial charge in [0.1, 0.15) is 0 Å². The topological polar surface area (TPSA) is 43.8 Å². The van der Waals surface area contributed by atoms with E-state index in [4.69, 9.17) is 14.7 Å². The Kier molecular flexibility index (Phi) is 7.13. The van der Waals surface area contributed by atoms with Crippen LogP contribution in [0.1, 0.15) is 52.7 Å². The van der Waals surface area contributed by atoms with Crippen LogP contribution < -0.4 is 4.74 Å². The fourth-order valence-electron chi connectivity index (χ4n) is 8.07. The van der Waals surface area contributed by atoms with Gasteiger partial charge in [0.05, 0.1) is 33.4 Å². The van der Waals surface area contributed by atoms with Crippen molar-refractivity contribution in [2.24, 2.45) is 0 Å². The fraction of sp³-hybridized carbons (Fsp3) is 0.174. The number of pyridine rings is 2. The third-order valence-corrected chi connectivity index (χ3v) is 10.3. The van der Waals surface area contributed by atoms with E-state index >= 15 is 0 Å². The molecule has 4 heterocycles. The molecular weight excluding hydrogens is 731 g/mol. The van der Waals surface area contributed by atoms with E-state index < -0.39 is 0 Å². The third kappa shape index (κ3) is 4.71. The van der Waals surface area contributed by atoms with Gasteiger partial charge in [-0.15, -0.1) is 12.1 Å². The summed E-state index contributed by atoms with van der Waals surface area (Å²) in [4.78, 5) is 10.3. The van der Waals surface area contributed by atoms with Crippen LogP contribution in [-0.2, 0) is 31.3 Å². The second-order valence-corrected chi connectivity index (χ2v) is 15.7. The van der Waals surface area contributed by atoms with E-state index in [0.29, 0.717) is 11.5 Å². The van der Waals surface area contributed by atoms with E-state index in [0.717, 1.165) is 60.4 Å². The Bertz CT molecular complexity index is 3080. The molecule has 0 saturated heterocycles. The summed E-state index contributed by atoms with van der Waals surface area (Å²) in [6.45, 7) is 13.6. The first-order chi connectivity index (χ1) is 24.6. The first-order valence-corrected chi connectivity index (χ1v) is 17.6. The van der Waals surface area contributed by atoms with Gasteiger partial charge in [0.2, 0.25) is 0 Å². The van der Waals surface area contributed by atoms with Crippen molar-refractivity contribution in [3.63, 3.8) is 0 Å². The Hall–Kier alpha value is -5.28. The summed E-state index contributed by atoms with van der Waals surface area (Å²) in [5.74, 6) is 1.22. The summed E-state index contributed by atoms with van der Waals surface area (Å²) in [5.41, 5.74) is 10.6. The van der Waals surface area contributed by atoms with Gasteiger partial charge in [0.15, 0.2) is 0 Å². The van der Waals surface area contributed by atoms with Crippen molar-refractivity contribution < 1.29 is 25.2 Å². The molecule has 6 aromatic carbocycles. The Morgan fingerprint density at radius 1 is 0.500 bits per heavy atom. The van der Waals surface area contributed by atoms with E-state index in [9.17, 15) is 0 Å². The van der Waals surface area contributed by atoms with Gasteiger partial charge in [-0.25, -0.2) is 0 Å². The molecule has 0 aliphatic rings. The molecule has 0 aliphatic heterocycles. The number of rotatable bonds is 2. The molecule has 0 saturated carbocycles. The molecular formula is C46H36N4OPd. The fourth-order valence-corrected chi connectivity index (χ4v) is 8.07. The standard InChI is InChI=1S/C46H36N4O.Pd/c1-45(2,3)34-14-12-20-40-41(34)30-24-22-28(26-33(30)43-47-36-16-7-9-18-38(36)49(40)43)51-27-21-23-29-31-13-11-15-35(46(4,5)6)42(31)50-39-19-10-8-17-37(39)48-44(50)32(29)25-27;/h7-24H,1-6H3;/q-2;+2. The molecule has 0 radical (unpaired) electrons. The Labute approximate surface area is 315 Å². The first-order valence-electron chi connectivity index (χ1n) is 17.6. The zero-order valence-corrected chi connectivity index (χ0v) is 31.5. The van der Waals surface area contributed by atoms with Crippen molar-refractivity contribution >= 4 is 76.7 Å². The van der Waals surface area contributed by atoms with Gasteiger partial charge < -0.3 is 13.5 Å². The minimum Gasteiger partial charge on any atom is -0.497 e. The molecule has 10 rings (SSSR count). The number of hydrogen-bond acceptors (Lipinski definition) is 3. The Morgan fingerprint density at radius 2 is 1.02 bits per heavy atom. The van der Waals surface area contributed by atoms with Crippen LogP contribution in [0.5, 0.6) is 11.5 Å². The predicted molar refractivity (Wildman–Crippen MR) is 211 cm³/mol. The normalized spacial score (nSPS) is 12.7. The van der Waals surface area contributed by atoms with Gasteiger partial charge in [-0.3, -0.25) is 9.97 Å². The maximum Gasteiger partial charge on any atom is 2.00 e. The van der Waals surface area contributed by atoms with E-state index in [1.54, 1.807) is 0 Å². The van der Waals surface area contributed by atoms with E-state index in [1.807, 2.05) is 24.3 Å². The molecule has 10 aromatic rings. The van der Waals surface area contributed by atoms with E-state index in [1.165, 1.54) is 27.4 Å². The van der Waals surface area contributed by atoms with Crippen LogP contribution in [0.2, 0.25) is 0 Å². The van der Waals surface area contributed by atoms with Gasteiger partial charge in [-0.1, -0.05) is 142 Å². The summed E-state index contributed by atoms with van der Waals surface area (Å²) in [6.07, 6.45) is 0. The number of nitrogens with zero attached hydrogens (tertiary/aromatic N) is 4. The van der Waals surface area contributed by atoms with Crippen molar-refractivity contribution in [2.45, 2.75) is 52.4 Å². The average Bonchev–Trinajstić information content (AvgIpc) is 3.70. The summed E-state index contributed by atoms with van der Waals surface area (Å²) in [5, 5.41) is 6.44. The number of hydrogen-bond donors (Lipinski definition) is 0. The maximum absolute atomic E-state index is 6.66. The molecule has 6 heteroatoms. The van der Waals surface area contributed by atoms with Gasteiger partial charge in [-0.05, 0) is 63.1 Å². The minimum absolute atomic E-state index is 0. The zero-order chi connectivity index (χ0) is 34.8. The first kappa shape index (κ1) is 32.6. The molecule has 0 N–H and O–H groups in total. The summed E-state index contributed by atoms with van der Waals surface area (Å²) in [7, 11) is 0. The molecule has 5 nitrogen and oxygen atoms in total. The van der Waals surface area contributed by atoms with Crippen molar-refractivity contribution in [1.82, 2.24) is 18.8 Å². The van der Waals surface area contributed by atoms with Gasteiger partial charge in [-0.2, -0.15) is 0 Å². The quantitative estimate of drug-likeness (QED) is 0.1000. The Balaban J connectivity index is 0.00000360. The summed E-state index contributed by atoms with van der Waals surface area (Å²) >= 11 is 0. The van der Waals surface area contributed by atoms with Crippen LogP contribution in [0, 0.1) is 12.1 Å². The average molecular weight is 767 g/mol. The molecule has 0 bridgehead atoms. The van der Waals surface area contributed by atoms with Crippen LogP contribution in [-0.4, -0.2) is 18.8 Å². The van der Waals surface area contributed by atoms with Crippen LogP contribution in [0.4, 0.5) is 0 Å². The van der Waals surface area contributed by atoms with E-state index in [-0.39, 0.29) is 31.3 Å².